The zero-order chi connectivity index (χ0) is 63.1. The van der Waals surface area contributed by atoms with Gasteiger partial charge in [0.2, 0.25) is 21.8 Å². The van der Waals surface area contributed by atoms with E-state index < -0.39 is 34.0 Å². The summed E-state index contributed by atoms with van der Waals surface area (Å²) in [4.78, 5) is 69.3. The number of amides is 4. The summed E-state index contributed by atoms with van der Waals surface area (Å²) >= 11 is 0. The third-order valence-corrected chi connectivity index (χ3v) is 18.4. The number of H-pyrrole nitrogens is 1. The number of aromatic nitrogens is 8. The predicted octanol–water partition coefficient (Wildman–Crippen LogP) is 8.05. The number of carboxylic acids is 1. The van der Waals surface area contributed by atoms with Gasteiger partial charge in [-0.05, 0) is 156 Å². The first-order valence-corrected chi connectivity index (χ1v) is 32.8. The van der Waals surface area contributed by atoms with Crippen molar-refractivity contribution >= 4 is 45.3 Å². The van der Waals surface area contributed by atoms with Crippen LogP contribution in [0.1, 0.15) is 142 Å². The van der Waals surface area contributed by atoms with Crippen LogP contribution in [0.25, 0.3) is 11.1 Å². The number of carboxylic acid groups (broad SMARTS) is 1. The first-order valence-electron chi connectivity index (χ1n) is 31.2. The highest BCUT2D eigenvalue weighted by Crippen LogP contribution is 2.51. The van der Waals surface area contributed by atoms with Crippen LogP contribution in [0.5, 0.6) is 17.4 Å². The summed E-state index contributed by atoms with van der Waals surface area (Å²) < 4.78 is 49.2. The predicted molar refractivity (Wildman–Crippen MR) is 333 cm³/mol. The molecule has 25 heteroatoms. The molecule has 2 aliphatic carbocycles. The number of hydrogen-bond acceptors (Lipinski definition) is 15. The fourth-order valence-corrected chi connectivity index (χ4v) is 12.9. The maximum atomic E-state index is 14.1. The van der Waals surface area contributed by atoms with E-state index in [1.165, 1.54) is 22.6 Å². The molecule has 1 saturated heterocycles. The van der Waals surface area contributed by atoms with Crippen molar-refractivity contribution in [3.05, 3.63) is 114 Å². The van der Waals surface area contributed by atoms with Gasteiger partial charge in [0.1, 0.15) is 29.3 Å². The minimum Gasteiger partial charge on any atom is -0.484 e. The van der Waals surface area contributed by atoms with Gasteiger partial charge in [0.15, 0.2) is 6.61 Å². The Hall–Kier alpha value is -8.03. The zero-order valence-corrected chi connectivity index (χ0v) is 52.4. The molecule has 5 heterocycles. The number of carbonyl (C=O) groups is 5. The summed E-state index contributed by atoms with van der Waals surface area (Å²) in [6, 6.07) is 17.4. The Kier molecular flexibility index (Phi) is 22.4. The van der Waals surface area contributed by atoms with Gasteiger partial charge >= 0.3 is 5.97 Å². The Bertz CT molecular complexity index is 3420. The van der Waals surface area contributed by atoms with Gasteiger partial charge < -0.3 is 40.6 Å². The molecule has 89 heavy (non-hydrogen) atoms. The molecule has 24 nitrogen and oxygen atoms in total. The van der Waals surface area contributed by atoms with Crippen LogP contribution in [0.15, 0.2) is 85.3 Å². The van der Waals surface area contributed by atoms with Crippen molar-refractivity contribution < 1.29 is 51.7 Å². The van der Waals surface area contributed by atoms with Gasteiger partial charge in [-0.3, -0.25) is 33.6 Å². The van der Waals surface area contributed by atoms with Gasteiger partial charge in [-0.2, -0.15) is 10.2 Å². The third-order valence-electron chi connectivity index (χ3n) is 16.5. The number of pyridine rings is 1. The number of carbonyl (C=O) groups excluding carboxylic acids is 4. The van der Waals surface area contributed by atoms with E-state index in [4.69, 9.17) is 14.2 Å². The number of benzene rings is 2. The first-order chi connectivity index (χ1) is 42.7. The van der Waals surface area contributed by atoms with Gasteiger partial charge in [0, 0.05) is 80.4 Å². The number of anilines is 1. The van der Waals surface area contributed by atoms with Crippen LogP contribution < -0.4 is 30.7 Å². The fourth-order valence-electron chi connectivity index (χ4n) is 11.4. The molecule has 2 aromatic carbocycles. The summed E-state index contributed by atoms with van der Waals surface area (Å²) in [6.07, 6.45) is 15.4. The lowest BCUT2D eigenvalue weighted by Gasteiger charge is -2.31. The van der Waals surface area contributed by atoms with Crippen LogP contribution in [0.4, 0.5) is 5.69 Å². The van der Waals surface area contributed by atoms with Crippen molar-refractivity contribution in [1.82, 2.24) is 60.2 Å². The fraction of sp³-hybridized carbons (Fsp3) is 0.531. The second-order valence-corrected chi connectivity index (χ2v) is 26.9. The molecule has 0 unspecified atom stereocenters. The van der Waals surface area contributed by atoms with Crippen molar-refractivity contribution in [2.45, 2.75) is 156 Å². The number of aryl methyl sites for hydroxylation is 5. The Morgan fingerprint density at radius 1 is 0.843 bits per heavy atom. The summed E-state index contributed by atoms with van der Waals surface area (Å²) in [5, 5.41) is 41.6. The molecular weight excluding hydrogens is 1160 g/mol. The van der Waals surface area contributed by atoms with Crippen molar-refractivity contribution in [1.29, 1.82) is 0 Å². The minimum atomic E-state index is -3.48. The lowest BCUT2D eigenvalue weighted by molar-refractivity contribution is -0.139. The SMILES string of the molecule is Cc1n[nH]c(C)c1-c1ccc(NC(=O)[C@@H](NC(=O)c2ccnn2CCCCCCn2cc(CCCS(=O)(=O)N3CCC(OCCNC(=O)COc4cccc(Oc5ccc(C(=O)N[C@@H](CCC(C)(C)C)C(=O)O)cn5)c4)CC3)nn2)C(C2CC2)C2CC2)cc1. The topological polar surface area (TPSA) is 309 Å². The molecule has 0 bridgehead atoms. The van der Waals surface area contributed by atoms with Crippen molar-refractivity contribution in [2.24, 2.45) is 23.2 Å². The quantitative estimate of drug-likeness (QED) is 0.0208. The average Bonchev–Trinajstić information content (AvgIpc) is 3.71. The highest BCUT2D eigenvalue weighted by molar-refractivity contribution is 7.89. The van der Waals surface area contributed by atoms with Gasteiger partial charge in [-0.1, -0.05) is 57.0 Å². The number of sulfonamides is 1. The molecule has 3 aliphatic rings. The van der Waals surface area contributed by atoms with E-state index in [1.54, 1.807) is 45.9 Å². The monoisotopic (exact) mass is 1240 g/mol. The molecule has 6 aromatic rings. The number of ether oxygens (including phenoxy) is 3. The first kappa shape index (κ1) is 65.4. The van der Waals surface area contributed by atoms with E-state index in [2.05, 4.69) is 51.9 Å². The van der Waals surface area contributed by atoms with E-state index in [0.29, 0.717) is 99.4 Å². The molecular formula is C64H85N13O11S. The largest absolute Gasteiger partial charge is 0.484 e. The molecule has 6 N–H and O–H groups in total. The minimum absolute atomic E-state index is 0.000427. The number of hydrogen-bond donors (Lipinski definition) is 6. The third kappa shape index (κ3) is 19.5. The standard InChI is InChI=1S/C64H85N13O11S/c1-42-57(43(2)72-71-42)44-19-22-48(23-20-44)68-62(81)59(58(45-15-16-45)46-17-18-46)70-61(80)54-26-30-67-77(54)33-9-7-6-8-32-75-40-49(73-74-75)12-11-37-89(84,85)76-34-27-50(28-35-76)86-36-31-65-55(78)41-87-51-13-10-14-52(38-51)88-56-24-21-47(39-66-56)60(79)69-53(63(82)83)25-29-64(3,4)5/h10,13-14,19-24,26,30,38-40,45-46,50,53,58-59H,6-9,11-12,15-18,25,27-29,31-37,41H2,1-5H3,(H,65,78)(H,68,81)(H,69,79)(H,70,80)(H,71,72)(H,82,83)/t53-,59-/m0/s1. The molecule has 478 valence electrons. The van der Waals surface area contributed by atoms with E-state index in [-0.39, 0.29) is 72.1 Å². The van der Waals surface area contributed by atoms with Crippen LogP contribution >= 0.6 is 0 Å². The summed E-state index contributed by atoms with van der Waals surface area (Å²) in [5.41, 5.74) is 5.91. The van der Waals surface area contributed by atoms with Crippen LogP contribution in [0.2, 0.25) is 0 Å². The molecule has 2 atom stereocenters. The molecule has 2 saturated carbocycles. The summed E-state index contributed by atoms with van der Waals surface area (Å²) in [7, 11) is -3.48. The Balaban J connectivity index is 0.611. The van der Waals surface area contributed by atoms with Crippen LogP contribution in [-0.4, -0.2) is 144 Å². The second kappa shape index (κ2) is 30.5. The zero-order valence-electron chi connectivity index (χ0n) is 51.6. The molecule has 0 radical (unpaired) electrons. The van der Waals surface area contributed by atoms with Gasteiger partial charge in [0.05, 0.1) is 35.4 Å². The van der Waals surface area contributed by atoms with E-state index >= 15 is 0 Å². The Morgan fingerprint density at radius 2 is 1.57 bits per heavy atom. The van der Waals surface area contributed by atoms with Crippen LogP contribution in [0.3, 0.4) is 0 Å². The Morgan fingerprint density at radius 3 is 2.25 bits per heavy atom. The molecule has 0 spiro atoms. The maximum absolute atomic E-state index is 14.1. The van der Waals surface area contributed by atoms with E-state index in [9.17, 15) is 37.5 Å². The van der Waals surface area contributed by atoms with Crippen molar-refractivity contribution in [3.63, 3.8) is 0 Å². The van der Waals surface area contributed by atoms with Gasteiger partial charge in [-0.25, -0.2) is 22.5 Å². The molecule has 3 fully saturated rings. The average molecular weight is 1240 g/mol. The van der Waals surface area contributed by atoms with Gasteiger partial charge in [-0.15, -0.1) is 5.10 Å². The summed E-state index contributed by atoms with van der Waals surface area (Å²) in [5.74, 6) is -0.618. The highest BCUT2D eigenvalue weighted by atomic mass is 32.2. The lowest BCUT2D eigenvalue weighted by Crippen LogP contribution is -2.50. The van der Waals surface area contributed by atoms with Crippen molar-refractivity contribution in [3.8, 4) is 28.5 Å². The van der Waals surface area contributed by atoms with Crippen molar-refractivity contribution in [2.75, 3.05) is 43.9 Å². The molecule has 1 aliphatic heterocycles. The number of rotatable bonds is 34. The highest BCUT2D eigenvalue weighted by Gasteiger charge is 2.48. The smallest absolute Gasteiger partial charge is 0.326 e. The Labute approximate surface area is 520 Å². The maximum Gasteiger partial charge on any atom is 0.326 e. The van der Waals surface area contributed by atoms with E-state index in [0.717, 1.165) is 79.6 Å². The summed E-state index contributed by atoms with van der Waals surface area (Å²) in [6.45, 7) is 12.2. The molecule has 9 rings (SSSR count). The molecule has 4 amide bonds. The van der Waals surface area contributed by atoms with Gasteiger partial charge in [0.25, 0.3) is 17.7 Å². The van der Waals surface area contributed by atoms with Crippen LogP contribution in [0, 0.1) is 37.0 Å². The number of nitrogens with zero attached hydrogens (tertiary/aromatic N) is 8. The molecule has 4 aromatic heterocycles. The van der Waals surface area contributed by atoms with E-state index in [1.807, 2.05) is 65.1 Å². The number of aliphatic carboxylic acids is 1. The number of unbranched alkanes of at least 4 members (excludes halogenated alkanes) is 3. The lowest BCUT2D eigenvalue weighted by atomic mass is 9.88. The number of nitrogens with one attached hydrogen (secondary N) is 5. The number of aromatic amines is 1. The second-order valence-electron chi connectivity index (χ2n) is 24.9. The van der Waals surface area contributed by atoms with Crippen LogP contribution in [-0.2, 0) is 48.7 Å². The number of piperidine rings is 1. The normalized spacial score (nSPS) is 15.5.